The number of aryl methyl sites for hydroxylation is 1. The van der Waals surface area contributed by atoms with E-state index >= 15 is 0 Å². The van der Waals surface area contributed by atoms with Gasteiger partial charge in [-0.15, -0.1) is 5.10 Å². The first-order chi connectivity index (χ1) is 7.65. The molecule has 4 nitrogen and oxygen atoms in total. The highest BCUT2D eigenvalue weighted by molar-refractivity contribution is 6.28. The summed E-state index contributed by atoms with van der Waals surface area (Å²) in [5.41, 5.74) is 1.17. The molecule has 0 saturated carbocycles. The van der Waals surface area contributed by atoms with E-state index in [0.717, 1.165) is 0 Å². The van der Waals surface area contributed by atoms with Crippen molar-refractivity contribution in [2.45, 2.75) is 6.92 Å². The number of hydrogen-bond acceptors (Lipinski definition) is 4. The van der Waals surface area contributed by atoms with Crippen molar-refractivity contribution in [3.05, 3.63) is 41.1 Å². The Morgan fingerprint density at radius 3 is 2.88 bits per heavy atom. The van der Waals surface area contributed by atoms with Crippen molar-refractivity contribution in [1.82, 2.24) is 15.2 Å². The second-order valence-electron chi connectivity index (χ2n) is 3.20. The van der Waals surface area contributed by atoms with Crippen LogP contribution in [-0.2, 0) is 0 Å². The molecule has 2 aromatic rings. The molecule has 1 N–H and O–H groups in total. The van der Waals surface area contributed by atoms with Gasteiger partial charge in [0.1, 0.15) is 5.82 Å². The molecule has 82 valence electrons. The molecule has 2 rings (SSSR count). The zero-order valence-corrected chi connectivity index (χ0v) is 9.16. The second-order valence-corrected chi connectivity index (χ2v) is 3.54. The first-order valence-corrected chi connectivity index (χ1v) is 4.91. The lowest BCUT2D eigenvalue weighted by Gasteiger charge is -2.05. The Labute approximate surface area is 96.5 Å². The Bertz CT molecular complexity index is 518. The fourth-order valence-electron chi connectivity index (χ4n) is 1.16. The largest absolute Gasteiger partial charge is 0.339 e. The molecular weight excluding hydrogens is 231 g/mol. The molecule has 0 aliphatic heterocycles. The van der Waals surface area contributed by atoms with Crippen molar-refractivity contribution in [3.8, 4) is 0 Å². The fourth-order valence-corrected chi connectivity index (χ4v) is 1.30. The Morgan fingerprint density at radius 1 is 1.38 bits per heavy atom. The van der Waals surface area contributed by atoms with Crippen LogP contribution >= 0.6 is 11.6 Å². The molecular formula is C10H8ClFN4. The minimum Gasteiger partial charge on any atom is -0.339 e. The average molecular weight is 239 g/mol. The van der Waals surface area contributed by atoms with Crippen molar-refractivity contribution in [2.24, 2.45) is 0 Å². The lowest BCUT2D eigenvalue weighted by atomic mass is 10.2. The maximum atomic E-state index is 13.2. The van der Waals surface area contributed by atoms with Gasteiger partial charge < -0.3 is 5.32 Å². The summed E-state index contributed by atoms with van der Waals surface area (Å²) < 4.78 is 13.2. The van der Waals surface area contributed by atoms with E-state index < -0.39 is 0 Å². The van der Waals surface area contributed by atoms with Gasteiger partial charge in [-0.25, -0.2) is 4.39 Å². The van der Waals surface area contributed by atoms with Crippen LogP contribution < -0.4 is 5.32 Å². The Hall–Kier alpha value is -1.75. The van der Waals surface area contributed by atoms with Gasteiger partial charge in [0.25, 0.3) is 0 Å². The van der Waals surface area contributed by atoms with Gasteiger partial charge >= 0.3 is 0 Å². The minimum atomic E-state index is -0.280. The monoisotopic (exact) mass is 238 g/mol. The van der Waals surface area contributed by atoms with Gasteiger partial charge in [0, 0.05) is 5.69 Å². The van der Waals surface area contributed by atoms with Crippen LogP contribution in [0.3, 0.4) is 0 Å². The van der Waals surface area contributed by atoms with E-state index in [2.05, 4.69) is 20.5 Å². The summed E-state index contributed by atoms with van der Waals surface area (Å²) in [7, 11) is 0. The zero-order valence-electron chi connectivity index (χ0n) is 8.41. The van der Waals surface area contributed by atoms with Crippen LogP contribution in [0.5, 0.6) is 0 Å². The van der Waals surface area contributed by atoms with Crippen molar-refractivity contribution in [3.63, 3.8) is 0 Å². The van der Waals surface area contributed by atoms with Gasteiger partial charge in [-0.3, -0.25) is 0 Å². The molecule has 0 atom stereocenters. The number of benzene rings is 1. The first kappa shape index (κ1) is 10.8. The molecule has 0 fully saturated rings. The number of hydrogen-bond donors (Lipinski definition) is 1. The first-order valence-electron chi connectivity index (χ1n) is 4.53. The number of aromatic nitrogens is 3. The summed E-state index contributed by atoms with van der Waals surface area (Å²) in [4.78, 5) is 3.88. The van der Waals surface area contributed by atoms with Crippen molar-refractivity contribution in [2.75, 3.05) is 5.32 Å². The van der Waals surface area contributed by atoms with E-state index in [1.165, 1.54) is 12.3 Å². The maximum absolute atomic E-state index is 13.2. The topological polar surface area (TPSA) is 50.7 Å². The molecule has 1 aromatic carbocycles. The predicted molar refractivity (Wildman–Crippen MR) is 59.3 cm³/mol. The summed E-state index contributed by atoms with van der Waals surface area (Å²) in [6.07, 6.45) is 1.41. The summed E-state index contributed by atoms with van der Waals surface area (Å²) >= 11 is 5.57. The van der Waals surface area contributed by atoms with Crippen LogP contribution in [0.1, 0.15) is 5.56 Å². The average Bonchev–Trinajstić information content (AvgIpc) is 2.24. The molecule has 0 saturated heterocycles. The van der Waals surface area contributed by atoms with E-state index in [1.54, 1.807) is 19.1 Å². The molecule has 0 unspecified atom stereocenters. The quantitative estimate of drug-likeness (QED) is 0.874. The van der Waals surface area contributed by atoms with Crippen LogP contribution in [0.25, 0.3) is 0 Å². The third-order valence-electron chi connectivity index (χ3n) is 1.98. The molecule has 16 heavy (non-hydrogen) atoms. The van der Waals surface area contributed by atoms with Gasteiger partial charge in [0.2, 0.25) is 5.28 Å². The van der Waals surface area contributed by atoms with E-state index in [1.807, 2.05) is 0 Å². The second kappa shape index (κ2) is 4.40. The summed E-state index contributed by atoms with van der Waals surface area (Å²) in [6.45, 7) is 1.70. The van der Waals surface area contributed by atoms with E-state index in [0.29, 0.717) is 17.1 Å². The van der Waals surface area contributed by atoms with Crippen molar-refractivity contribution >= 4 is 23.1 Å². The molecule has 6 heteroatoms. The number of halogens is 2. The third-order valence-corrected chi connectivity index (χ3v) is 2.14. The third kappa shape index (κ3) is 2.43. The van der Waals surface area contributed by atoms with E-state index in [-0.39, 0.29) is 11.1 Å². The van der Waals surface area contributed by atoms with Gasteiger partial charge in [0.15, 0.2) is 5.82 Å². The van der Waals surface area contributed by atoms with Crippen molar-refractivity contribution < 1.29 is 4.39 Å². The number of nitrogens with one attached hydrogen (secondary N) is 1. The van der Waals surface area contributed by atoms with Crippen LogP contribution in [0.15, 0.2) is 24.4 Å². The highest BCUT2D eigenvalue weighted by atomic mass is 35.5. The maximum Gasteiger partial charge on any atom is 0.244 e. The smallest absolute Gasteiger partial charge is 0.244 e. The molecule has 1 aromatic heterocycles. The summed E-state index contributed by atoms with van der Waals surface area (Å²) in [6, 6.07) is 4.80. The molecule has 0 bridgehead atoms. The van der Waals surface area contributed by atoms with Gasteiger partial charge in [-0.2, -0.15) is 10.1 Å². The van der Waals surface area contributed by atoms with Gasteiger partial charge in [-0.05, 0) is 36.2 Å². The normalized spacial score (nSPS) is 10.2. The zero-order chi connectivity index (χ0) is 11.5. The predicted octanol–water partition coefficient (Wildman–Crippen LogP) is 2.72. The number of rotatable bonds is 2. The Kier molecular flexibility index (Phi) is 2.96. The van der Waals surface area contributed by atoms with E-state index in [9.17, 15) is 4.39 Å². The lowest BCUT2D eigenvalue weighted by Crippen LogP contribution is -1.97. The molecule has 0 amide bonds. The Balaban J connectivity index is 2.24. The van der Waals surface area contributed by atoms with Gasteiger partial charge in [0.05, 0.1) is 6.20 Å². The number of anilines is 2. The molecule has 1 heterocycles. The summed E-state index contributed by atoms with van der Waals surface area (Å²) in [5.74, 6) is 0.140. The molecule has 0 aliphatic rings. The van der Waals surface area contributed by atoms with Crippen LogP contribution in [-0.4, -0.2) is 15.2 Å². The van der Waals surface area contributed by atoms with E-state index in [4.69, 9.17) is 11.6 Å². The van der Waals surface area contributed by atoms with Crippen LogP contribution in [0.4, 0.5) is 15.9 Å². The fraction of sp³-hybridized carbons (Fsp3) is 0.100. The standard InChI is InChI=1S/C10H8ClFN4/c1-6-2-3-7(4-8(6)12)14-9-5-13-16-10(11)15-9/h2-5H,1H3,(H,14,15,16). The highest BCUT2D eigenvalue weighted by Crippen LogP contribution is 2.17. The van der Waals surface area contributed by atoms with Crippen molar-refractivity contribution in [1.29, 1.82) is 0 Å². The van der Waals surface area contributed by atoms with Crippen LogP contribution in [0, 0.1) is 12.7 Å². The summed E-state index contributed by atoms with van der Waals surface area (Å²) in [5, 5.41) is 10.0. The van der Waals surface area contributed by atoms with Gasteiger partial charge in [-0.1, -0.05) is 6.07 Å². The molecule has 0 radical (unpaired) electrons. The molecule has 0 aliphatic carbocycles. The van der Waals surface area contributed by atoms with Crippen LogP contribution in [0.2, 0.25) is 5.28 Å². The number of nitrogens with zero attached hydrogens (tertiary/aromatic N) is 3. The molecule has 0 spiro atoms. The lowest BCUT2D eigenvalue weighted by molar-refractivity contribution is 0.619. The Morgan fingerprint density at radius 2 is 2.19 bits per heavy atom. The highest BCUT2D eigenvalue weighted by Gasteiger charge is 2.01. The minimum absolute atomic E-state index is 0.0394. The SMILES string of the molecule is Cc1ccc(Nc2cnnc(Cl)n2)cc1F.